The van der Waals surface area contributed by atoms with Gasteiger partial charge in [-0.15, -0.1) is 0 Å². The van der Waals surface area contributed by atoms with Crippen LogP contribution >= 0.6 is 0 Å². The highest BCUT2D eigenvalue weighted by molar-refractivity contribution is 5.36. The number of halogens is 1. The molecule has 4 heteroatoms. The average molecular weight is 354 g/mol. The van der Waals surface area contributed by atoms with E-state index in [9.17, 15) is 4.39 Å². The Balaban J connectivity index is 1.74. The van der Waals surface area contributed by atoms with E-state index in [0.717, 1.165) is 11.1 Å². The Labute approximate surface area is 154 Å². The molecule has 0 aliphatic carbocycles. The van der Waals surface area contributed by atoms with Crippen molar-refractivity contribution in [1.82, 2.24) is 0 Å². The third-order valence-electron chi connectivity index (χ3n) is 4.63. The van der Waals surface area contributed by atoms with Crippen LogP contribution in [0, 0.1) is 17.7 Å². The summed E-state index contributed by atoms with van der Waals surface area (Å²) in [5.41, 5.74) is 1.15. The standard InChI is InChI=1S/C22H23FO3/c1-17-16-22(24-2,10-12-25-17)19-13-20(23)15-21(14-19)26-11-6-9-18-7-4-3-5-8-18/h3-5,7-8,13-15,17H,10-12,16H2,1-2H3/t17-,22-/m1/s1. The zero-order valence-electron chi connectivity index (χ0n) is 15.1. The minimum absolute atomic E-state index is 0.0630. The molecule has 0 N–H and O–H groups in total. The highest BCUT2D eigenvalue weighted by Crippen LogP contribution is 2.39. The summed E-state index contributed by atoms with van der Waals surface area (Å²) in [5.74, 6) is 6.09. The van der Waals surface area contributed by atoms with Gasteiger partial charge in [-0.1, -0.05) is 30.0 Å². The van der Waals surface area contributed by atoms with Crippen molar-refractivity contribution in [3.05, 3.63) is 65.5 Å². The zero-order chi connectivity index (χ0) is 18.4. The van der Waals surface area contributed by atoms with Crippen molar-refractivity contribution in [1.29, 1.82) is 0 Å². The van der Waals surface area contributed by atoms with Crippen LogP contribution in [0.4, 0.5) is 4.39 Å². The molecule has 0 bridgehead atoms. The maximum absolute atomic E-state index is 14.2. The molecule has 2 aromatic rings. The topological polar surface area (TPSA) is 27.7 Å². The van der Waals surface area contributed by atoms with E-state index in [1.54, 1.807) is 7.11 Å². The highest BCUT2D eigenvalue weighted by atomic mass is 19.1. The number of hydrogen-bond acceptors (Lipinski definition) is 3. The molecule has 1 aliphatic heterocycles. The molecule has 0 amide bonds. The van der Waals surface area contributed by atoms with E-state index in [1.165, 1.54) is 12.1 Å². The van der Waals surface area contributed by atoms with Crippen molar-refractivity contribution in [2.24, 2.45) is 0 Å². The lowest BCUT2D eigenvalue weighted by atomic mass is 9.83. The Hall–Kier alpha value is -2.35. The zero-order valence-corrected chi connectivity index (χ0v) is 15.1. The Bertz CT molecular complexity index is 794. The maximum atomic E-state index is 14.2. The van der Waals surface area contributed by atoms with Crippen LogP contribution in [0.3, 0.4) is 0 Å². The van der Waals surface area contributed by atoms with Gasteiger partial charge in [0.2, 0.25) is 0 Å². The molecule has 26 heavy (non-hydrogen) atoms. The van der Waals surface area contributed by atoms with E-state index in [4.69, 9.17) is 14.2 Å². The number of ether oxygens (including phenoxy) is 3. The van der Waals surface area contributed by atoms with Gasteiger partial charge in [0, 0.05) is 31.6 Å². The van der Waals surface area contributed by atoms with E-state index < -0.39 is 5.60 Å². The predicted octanol–water partition coefficient (Wildman–Crippen LogP) is 4.30. The molecule has 2 aromatic carbocycles. The average Bonchev–Trinajstić information content (AvgIpc) is 2.65. The summed E-state index contributed by atoms with van der Waals surface area (Å²) in [6.07, 6.45) is 1.43. The van der Waals surface area contributed by atoms with Crippen molar-refractivity contribution in [2.45, 2.75) is 31.5 Å². The van der Waals surface area contributed by atoms with Gasteiger partial charge in [0.15, 0.2) is 0 Å². The monoisotopic (exact) mass is 354 g/mol. The van der Waals surface area contributed by atoms with Gasteiger partial charge in [-0.3, -0.25) is 0 Å². The first-order valence-electron chi connectivity index (χ1n) is 8.76. The van der Waals surface area contributed by atoms with Crippen molar-refractivity contribution in [3.63, 3.8) is 0 Å². The fourth-order valence-electron chi connectivity index (χ4n) is 3.30. The van der Waals surface area contributed by atoms with Gasteiger partial charge in [-0.05, 0) is 36.8 Å². The van der Waals surface area contributed by atoms with Crippen LogP contribution < -0.4 is 4.74 Å². The third-order valence-corrected chi connectivity index (χ3v) is 4.63. The second-order valence-corrected chi connectivity index (χ2v) is 6.47. The molecule has 1 aliphatic rings. The fraction of sp³-hybridized carbons (Fsp3) is 0.364. The summed E-state index contributed by atoms with van der Waals surface area (Å²) in [7, 11) is 1.66. The van der Waals surface area contributed by atoms with Gasteiger partial charge < -0.3 is 14.2 Å². The van der Waals surface area contributed by atoms with Crippen molar-refractivity contribution < 1.29 is 18.6 Å². The van der Waals surface area contributed by atoms with E-state index in [0.29, 0.717) is 25.2 Å². The first kappa shape index (κ1) is 18.4. The van der Waals surface area contributed by atoms with E-state index >= 15 is 0 Å². The van der Waals surface area contributed by atoms with Crippen molar-refractivity contribution in [3.8, 4) is 17.6 Å². The Morgan fingerprint density at radius 2 is 2.04 bits per heavy atom. The molecule has 2 atom stereocenters. The SMILES string of the molecule is CO[C@]1(c2cc(F)cc(OCC#Cc3ccccc3)c2)CCO[C@H](C)C1. The van der Waals surface area contributed by atoms with Crippen molar-refractivity contribution >= 4 is 0 Å². The molecule has 0 spiro atoms. The van der Waals surface area contributed by atoms with E-state index in [-0.39, 0.29) is 18.5 Å². The van der Waals surface area contributed by atoms with Crippen LogP contribution in [-0.4, -0.2) is 26.4 Å². The molecule has 0 saturated carbocycles. The summed E-state index contributed by atoms with van der Waals surface area (Å²) in [4.78, 5) is 0. The predicted molar refractivity (Wildman–Crippen MR) is 98.6 cm³/mol. The second-order valence-electron chi connectivity index (χ2n) is 6.47. The number of benzene rings is 2. The summed E-state index contributed by atoms with van der Waals surface area (Å²) in [5, 5.41) is 0. The first-order chi connectivity index (χ1) is 12.6. The van der Waals surface area contributed by atoms with Crippen LogP contribution in [0.15, 0.2) is 48.5 Å². The molecule has 3 rings (SSSR count). The molecule has 0 unspecified atom stereocenters. The minimum Gasteiger partial charge on any atom is -0.481 e. The fourth-order valence-corrected chi connectivity index (χ4v) is 3.30. The second kappa shape index (κ2) is 8.35. The van der Waals surface area contributed by atoms with E-state index in [2.05, 4.69) is 11.8 Å². The number of hydrogen-bond donors (Lipinski definition) is 0. The summed E-state index contributed by atoms with van der Waals surface area (Å²) in [6.45, 7) is 2.78. The van der Waals surface area contributed by atoms with Crippen LogP contribution in [0.2, 0.25) is 0 Å². The number of rotatable bonds is 4. The van der Waals surface area contributed by atoms with Gasteiger partial charge in [0.25, 0.3) is 0 Å². The molecular formula is C22H23FO3. The molecule has 0 radical (unpaired) electrons. The molecule has 3 nitrogen and oxygen atoms in total. The normalized spacial score (nSPS) is 22.3. The van der Waals surface area contributed by atoms with Crippen molar-refractivity contribution in [2.75, 3.05) is 20.3 Å². The quantitative estimate of drug-likeness (QED) is 0.767. The first-order valence-corrected chi connectivity index (χ1v) is 8.76. The number of methoxy groups -OCH3 is 1. The van der Waals surface area contributed by atoms with Gasteiger partial charge in [-0.25, -0.2) is 4.39 Å². The summed E-state index contributed by atoms with van der Waals surface area (Å²) >= 11 is 0. The Morgan fingerprint density at radius 1 is 1.23 bits per heavy atom. The van der Waals surface area contributed by atoms with Gasteiger partial charge in [0.05, 0.1) is 18.3 Å². The Morgan fingerprint density at radius 3 is 2.77 bits per heavy atom. The van der Waals surface area contributed by atoms with E-state index in [1.807, 2.05) is 43.3 Å². The molecule has 0 aromatic heterocycles. The van der Waals surface area contributed by atoms with Gasteiger partial charge in [0.1, 0.15) is 18.2 Å². The third kappa shape index (κ3) is 4.43. The molecule has 1 heterocycles. The molecule has 1 fully saturated rings. The van der Waals surface area contributed by atoms with Crippen LogP contribution in [0.25, 0.3) is 0 Å². The lowest BCUT2D eigenvalue weighted by Gasteiger charge is -2.39. The largest absolute Gasteiger partial charge is 0.481 e. The Kier molecular flexibility index (Phi) is 5.92. The molecular weight excluding hydrogens is 331 g/mol. The summed E-state index contributed by atoms with van der Waals surface area (Å²) in [6, 6.07) is 14.4. The van der Waals surface area contributed by atoms with Gasteiger partial charge >= 0.3 is 0 Å². The molecule has 136 valence electrons. The smallest absolute Gasteiger partial charge is 0.149 e. The van der Waals surface area contributed by atoms with Crippen LogP contribution in [0.1, 0.15) is 30.9 Å². The maximum Gasteiger partial charge on any atom is 0.149 e. The van der Waals surface area contributed by atoms with Crippen LogP contribution in [0.5, 0.6) is 5.75 Å². The summed E-state index contributed by atoms with van der Waals surface area (Å²) < 4.78 is 31.2. The molecule has 1 saturated heterocycles. The lowest BCUT2D eigenvalue weighted by molar-refractivity contribution is -0.122. The van der Waals surface area contributed by atoms with Gasteiger partial charge in [-0.2, -0.15) is 0 Å². The minimum atomic E-state index is -0.548. The van der Waals surface area contributed by atoms with Crippen LogP contribution in [-0.2, 0) is 15.1 Å². The lowest BCUT2D eigenvalue weighted by Crippen LogP contribution is -2.39. The highest BCUT2D eigenvalue weighted by Gasteiger charge is 2.38.